The largest absolute Gasteiger partial charge is 0.494 e. The molecule has 4 aromatic rings. The molecule has 0 saturated heterocycles. The first-order valence-electron chi connectivity index (χ1n) is 9.79. The fourth-order valence-electron chi connectivity index (χ4n) is 3.89. The first-order chi connectivity index (χ1) is 14.3. The smallest absolute Gasteiger partial charge is 0.145 e. The minimum atomic E-state index is 0. The first kappa shape index (κ1) is 20.0. The monoisotopic (exact) mass is 418 g/mol. The van der Waals surface area contributed by atoms with Gasteiger partial charge in [-0.05, 0) is 29.3 Å². The average Bonchev–Trinajstić information content (AvgIpc) is 3.22. The zero-order chi connectivity index (χ0) is 19.6. The number of para-hydroxylation sites is 2. The number of nitrogens with zero attached hydrogens (tertiary/aromatic N) is 2. The number of aromatic nitrogens is 2. The summed E-state index contributed by atoms with van der Waals surface area (Å²) in [5, 5.41) is 7.95. The van der Waals surface area contributed by atoms with Crippen molar-refractivity contribution in [2.24, 2.45) is 0 Å². The lowest BCUT2D eigenvalue weighted by Gasteiger charge is -2.15. The maximum Gasteiger partial charge on any atom is 0.145 e. The van der Waals surface area contributed by atoms with Crippen molar-refractivity contribution < 1.29 is 4.74 Å². The second kappa shape index (κ2) is 8.59. The summed E-state index contributed by atoms with van der Waals surface area (Å²) < 4.78 is 5.60. The SMILES string of the molecule is COc1cccc2c(NCc3ccccc3)nc(C3CNc4ccccc43)nc12.Cl. The van der Waals surface area contributed by atoms with Gasteiger partial charge in [0.25, 0.3) is 0 Å². The van der Waals surface area contributed by atoms with E-state index in [1.165, 1.54) is 11.1 Å². The molecule has 0 amide bonds. The molecule has 5 nitrogen and oxygen atoms in total. The number of methoxy groups -OCH3 is 1. The highest BCUT2D eigenvalue weighted by molar-refractivity contribution is 5.93. The van der Waals surface area contributed by atoms with E-state index in [0.717, 1.165) is 40.5 Å². The molecule has 0 aliphatic carbocycles. The molecule has 1 aromatic heterocycles. The fraction of sp³-hybridized carbons (Fsp3) is 0.167. The summed E-state index contributed by atoms with van der Waals surface area (Å²) >= 11 is 0. The second-order valence-corrected chi connectivity index (χ2v) is 7.15. The molecule has 2 heterocycles. The molecule has 30 heavy (non-hydrogen) atoms. The van der Waals surface area contributed by atoms with E-state index < -0.39 is 0 Å². The van der Waals surface area contributed by atoms with Gasteiger partial charge in [-0.15, -0.1) is 12.4 Å². The number of ether oxygens (including phenoxy) is 1. The summed E-state index contributed by atoms with van der Waals surface area (Å²) in [5.74, 6) is 2.50. The molecular weight excluding hydrogens is 396 g/mol. The Morgan fingerprint density at radius 2 is 1.77 bits per heavy atom. The highest BCUT2D eigenvalue weighted by Crippen LogP contribution is 2.37. The summed E-state index contributed by atoms with van der Waals surface area (Å²) in [6.07, 6.45) is 0. The predicted molar refractivity (Wildman–Crippen MR) is 124 cm³/mol. The van der Waals surface area contributed by atoms with Gasteiger partial charge in [-0.25, -0.2) is 9.97 Å². The van der Waals surface area contributed by atoms with Crippen LogP contribution in [0.2, 0.25) is 0 Å². The molecule has 1 aliphatic heterocycles. The third-order valence-corrected chi connectivity index (χ3v) is 5.37. The molecule has 0 spiro atoms. The number of rotatable bonds is 5. The summed E-state index contributed by atoms with van der Waals surface area (Å²) in [5.41, 5.74) is 4.42. The molecular formula is C24H23ClN4O. The van der Waals surface area contributed by atoms with Gasteiger partial charge in [0.15, 0.2) is 0 Å². The van der Waals surface area contributed by atoms with Crippen molar-refractivity contribution in [1.82, 2.24) is 9.97 Å². The lowest BCUT2D eigenvalue weighted by atomic mass is 10.0. The Bertz CT molecular complexity index is 1170. The van der Waals surface area contributed by atoms with Gasteiger partial charge in [0.1, 0.15) is 22.9 Å². The van der Waals surface area contributed by atoms with Crippen LogP contribution in [0.3, 0.4) is 0 Å². The van der Waals surface area contributed by atoms with Crippen LogP contribution in [-0.2, 0) is 6.54 Å². The normalized spacial score (nSPS) is 14.5. The van der Waals surface area contributed by atoms with Crippen molar-refractivity contribution >= 4 is 34.8 Å². The van der Waals surface area contributed by atoms with E-state index in [1.807, 2.05) is 42.5 Å². The van der Waals surface area contributed by atoms with Gasteiger partial charge in [0, 0.05) is 24.2 Å². The Kier molecular flexibility index (Phi) is 5.72. The molecule has 0 saturated carbocycles. The van der Waals surface area contributed by atoms with Crippen LogP contribution in [0, 0.1) is 0 Å². The van der Waals surface area contributed by atoms with Crippen molar-refractivity contribution in [2.75, 3.05) is 24.3 Å². The van der Waals surface area contributed by atoms with Crippen molar-refractivity contribution in [3.63, 3.8) is 0 Å². The zero-order valence-electron chi connectivity index (χ0n) is 16.6. The topological polar surface area (TPSA) is 59.1 Å². The number of nitrogens with one attached hydrogen (secondary N) is 2. The molecule has 3 aromatic carbocycles. The van der Waals surface area contributed by atoms with Crippen LogP contribution in [0.15, 0.2) is 72.8 Å². The summed E-state index contributed by atoms with van der Waals surface area (Å²) in [7, 11) is 1.68. The van der Waals surface area contributed by atoms with Crippen molar-refractivity contribution in [1.29, 1.82) is 0 Å². The van der Waals surface area contributed by atoms with Crippen LogP contribution in [0.4, 0.5) is 11.5 Å². The fourth-order valence-corrected chi connectivity index (χ4v) is 3.89. The quantitative estimate of drug-likeness (QED) is 0.464. The molecule has 5 rings (SSSR count). The van der Waals surface area contributed by atoms with E-state index in [9.17, 15) is 0 Å². The van der Waals surface area contributed by atoms with Crippen molar-refractivity contribution in [3.05, 3.63) is 89.7 Å². The van der Waals surface area contributed by atoms with E-state index >= 15 is 0 Å². The minimum Gasteiger partial charge on any atom is -0.494 e. The maximum absolute atomic E-state index is 5.60. The molecule has 0 fully saturated rings. The molecule has 6 heteroatoms. The van der Waals surface area contributed by atoms with Gasteiger partial charge < -0.3 is 15.4 Å². The van der Waals surface area contributed by atoms with Crippen LogP contribution in [0.1, 0.15) is 22.9 Å². The van der Waals surface area contributed by atoms with E-state index in [1.54, 1.807) is 7.11 Å². The van der Waals surface area contributed by atoms with Gasteiger partial charge in [0.05, 0.1) is 13.0 Å². The molecule has 1 atom stereocenters. The van der Waals surface area contributed by atoms with E-state index in [-0.39, 0.29) is 18.3 Å². The van der Waals surface area contributed by atoms with Crippen LogP contribution in [0.5, 0.6) is 5.75 Å². The average molecular weight is 419 g/mol. The highest BCUT2D eigenvalue weighted by Gasteiger charge is 2.27. The molecule has 2 N–H and O–H groups in total. The van der Waals surface area contributed by atoms with Crippen LogP contribution >= 0.6 is 12.4 Å². The van der Waals surface area contributed by atoms with Gasteiger partial charge in [-0.1, -0.05) is 54.6 Å². The lowest BCUT2D eigenvalue weighted by molar-refractivity contribution is 0.418. The van der Waals surface area contributed by atoms with Gasteiger partial charge in [-0.2, -0.15) is 0 Å². The number of fused-ring (bicyclic) bond motifs is 2. The van der Waals surface area contributed by atoms with Gasteiger partial charge >= 0.3 is 0 Å². The van der Waals surface area contributed by atoms with Crippen molar-refractivity contribution in [2.45, 2.75) is 12.5 Å². The molecule has 0 bridgehead atoms. The highest BCUT2D eigenvalue weighted by atomic mass is 35.5. The molecule has 0 radical (unpaired) electrons. The minimum absolute atomic E-state index is 0. The molecule has 152 valence electrons. The number of anilines is 2. The van der Waals surface area contributed by atoms with Crippen LogP contribution < -0.4 is 15.4 Å². The van der Waals surface area contributed by atoms with E-state index in [4.69, 9.17) is 14.7 Å². The van der Waals surface area contributed by atoms with Crippen LogP contribution in [-0.4, -0.2) is 23.6 Å². The van der Waals surface area contributed by atoms with Gasteiger partial charge in [-0.3, -0.25) is 0 Å². The standard InChI is InChI=1S/C24H22N4O.ClH/c1-29-21-13-7-11-18-22(21)27-24(19-15-25-20-12-6-5-10-17(19)20)28-23(18)26-14-16-8-3-2-4-9-16;/h2-13,19,25H,14-15H2,1H3,(H,26,27,28);1H. The predicted octanol–water partition coefficient (Wildman–Crippen LogP) is 5.23. The molecule has 1 aliphatic rings. The van der Waals surface area contributed by atoms with Gasteiger partial charge in [0.2, 0.25) is 0 Å². The second-order valence-electron chi connectivity index (χ2n) is 7.15. The Labute approximate surface area is 181 Å². The van der Waals surface area contributed by atoms with E-state index in [0.29, 0.717) is 6.54 Å². The Morgan fingerprint density at radius 1 is 0.967 bits per heavy atom. The van der Waals surface area contributed by atoms with Crippen molar-refractivity contribution in [3.8, 4) is 5.75 Å². The summed E-state index contributed by atoms with van der Waals surface area (Å²) in [6.45, 7) is 1.49. The number of benzene rings is 3. The number of hydrogen-bond donors (Lipinski definition) is 2. The Hall–Kier alpha value is -3.31. The first-order valence-corrected chi connectivity index (χ1v) is 9.79. The summed E-state index contributed by atoms with van der Waals surface area (Å²) in [6, 6.07) is 24.6. The summed E-state index contributed by atoms with van der Waals surface area (Å²) in [4.78, 5) is 9.88. The number of hydrogen-bond acceptors (Lipinski definition) is 5. The van der Waals surface area contributed by atoms with E-state index in [2.05, 4.69) is 41.0 Å². The number of halogens is 1. The third-order valence-electron chi connectivity index (χ3n) is 5.37. The Morgan fingerprint density at radius 3 is 2.60 bits per heavy atom. The maximum atomic E-state index is 5.60. The zero-order valence-corrected chi connectivity index (χ0v) is 17.4. The van der Waals surface area contributed by atoms with Crippen LogP contribution in [0.25, 0.3) is 10.9 Å². The molecule has 1 unspecified atom stereocenters. The third kappa shape index (κ3) is 3.64. The Balaban J connectivity index is 0.00000218. The lowest BCUT2D eigenvalue weighted by Crippen LogP contribution is -2.12.